The Morgan fingerprint density at radius 2 is 1.17 bits per heavy atom. The van der Waals surface area contributed by atoms with Crippen molar-refractivity contribution in [3.05, 3.63) is 0 Å². The largest absolute Gasteiger partial charge is 0.301 e. The minimum Gasteiger partial charge on any atom is -0.301 e. The minimum atomic E-state index is 0.833. The van der Waals surface area contributed by atoms with E-state index in [2.05, 4.69) is 32.6 Å². The van der Waals surface area contributed by atoms with Gasteiger partial charge in [0, 0.05) is 6.04 Å². The summed E-state index contributed by atoms with van der Waals surface area (Å²) in [6.45, 7) is 11.6. The van der Waals surface area contributed by atoms with E-state index in [1.807, 2.05) is 0 Å². The van der Waals surface area contributed by atoms with Crippen LogP contribution in [-0.4, -0.2) is 24.0 Å². The highest BCUT2D eigenvalue weighted by molar-refractivity contribution is 4.68. The van der Waals surface area contributed by atoms with E-state index in [0.717, 1.165) is 6.04 Å². The SMILES string of the molecule is CCCCCCCCCCC(CC)N(CC)CC. The minimum absolute atomic E-state index is 0.833. The molecule has 0 amide bonds. The lowest BCUT2D eigenvalue weighted by Gasteiger charge is -2.28. The molecule has 0 N–H and O–H groups in total. The maximum absolute atomic E-state index is 2.63. The third-order valence-electron chi connectivity index (χ3n) is 4.19. The van der Waals surface area contributed by atoms with E-state index < -0.39 is 0 Å². The Kier molecular flexibility index (Phi) is 13.4. The molecule has 0 heterocycles. The second kappa shape index (κ2) is 13.4. The van der Waals surface area contributed by atoms with E-state index in [9.17, 15) is 0 Å². The topological polar surface area (TPSA) is 3.24 Å². The van der Waals surface area contributed by atoms with Crippen molar-refractivity contribution in [2.24, 2.45) is 0 Å². The molecule has 0 spiro atoms. The van der Waals surface area contributed by atoms with Gasteiger partial charge in [-0.05, 0) is 25.9 Å². The number of rotatable bonds is 13. The van der Waals surface area contributed by atoms with Gasteiger partial charge in [-0.15, -0.1) is 0 Å². The first-order chi connectivity index (χ1) is 8.79. The van der Waals surface area contributed by atoms with E-state index in [1.165, 1.54) is 77.3 Å². The molecule has 110 valence electrons. The van der Waals surface area contributed by atoms with Gasteiger partial charge in [0.2, 0.25) is 0 Å². The fourth-order valence-corrected chi connectivity index (χ4v) is 2.90. The van der Waals surface area contributed by atoms with E-state index in [0.29, 0.717) is 0 Å². The molecule has 18 heavy (non-hydrogen) atoms. The van der Waals surface area contributed by atoms with Crippen LogP contribution in [0.2, 0.25) is 0 Å². The molecule has 0 aromatic carbocycles. The third kappa shape index (κ3) is 8.97. The van der Waals surface area contributed by atoms with Crippen molar-refractivity contribution in [2.45, 2.75) is 97.9 Å². The molecule has 0 bridgehead atoms. The zero-order valence-corrected chi connectivity index (χ0v) is 13.5. The molecule has 0 aliphatic heterocycles. The van der Waals surface area contributed by atoms with Gasteiger partial charge in [-0.2, -0.15) is 0 Å². The quantitative estimate of drug-likeness (QED) is 0.385. The van der Waals surface area contributed by atoms with Crippen molar-refractivity contribution >= 4 is 0 Å². The second-order valence-corrected chi connectivity index (χ2v) is 5.55. The summed E-state index contributed by atoms with van der Waals surface area (Å²) < 4.78 is 0. The number of unbranched alkanes of at least 4 members (excludes halogenated alkanes) is 7. The lowest BCUT2D eigenvalue weighted by atomic mass is 10.0. The first-order valence-corrected chi connectivity index (χ1v) is 8.54. The van der Waals surface area contributed by atoms with Crippen molar-refractivity contribution in [1.29, 1.82) is 0 Å². The summed E-state index contributed by atoms with van der Waals surface area (Å²) in [4.78, 5) is 2.63. The van der Waals surface area contributed by atoms with Crippen LogP contribution in [-0.2, 0) is 0 Å². The van der Waals surface area contributed by atoms with Crippen molar-refractivity contribution in [3.63, 3.8) is 0 Å². The van der Waals surface area contributed by atoms with Crippen LogP contribution in [0.5, 0.6) is 0 Å². The maximum Gasteiger partial charge on any atom is 0.00924 e. The Bertz CT molecular complexity index is 152. The van der Waals surface area contributed by atoms with Gasteiger partial charge in [0.15, 0.2) is 0 Å². The normalized spacial score (nSPS) is 13.2. The van der Waals surface area contributed by atoms with Gasteiger partial charge in [-0.3, -0.25) is 0 Å². The number of hydrogen-bond donors (Lipinski definition) is 0. The summed E-state index contributed by atoms with van der Waals surface area (Å²) in [6, 6.07) is 0.833. The average molecular weight is 255 g/mol. The molecule has 0 aliphatic carbocycles. The molecule has 1 heteroatoms. The van der Waals surface area contributed by atoms with E-state index >= 15 is 0 Å². The average Bonchev–Trinajstić information content (AvgIpc) is 2.40. The smallest absolute Gasteiger partial charge is 0.00924 e. The highest BCUT2D eigenvalue weighted by Gasteiger charge is 2.12. The van der Waals surface area contributed by atoms with Crippen LogP contribution in [0.15, 0.2) is 0 Å². The van der Waals surface area contributed by atoms with Crippen LogP contribution in [0.4, 0.5) is 0 Å². The molecule has 0 aromatic heterocycles. The molecule has 0 radical (unpaired) electrons. The first kappa shape index (κ1) is 18.0. The zero-order valence-electron chi connectivity index (χ0n) is 13.5. The Labute approximate surface area is 116 Å². The molecule has 1 atom stereocenters. The molecule has 1 unspecified atom stereocenters. The van der Waals surface area contributed by atoms with Gasteiger partial charge in [-0.1, -0.05) is 79.1 Å². The van der Waals surface area contributed by atoms with Gasteiger partial charge in [0.05, 0.1) is 0 Å². The lowest BCUT2D eigenvalue weighted by molar-refractivity contribution is 0.196. The highest BCUT2D eigenvalue weighted by Crippen LogP contribution is 2.15. The first-order valence-electron chi connectivity index (χ1n) is 8.54. The summed E-state index contributed by atoms with van der Waals surface area (Å²) in [6.07, 6.45) is 14.2. The molecule has 0 aromatic rings. The summed E-state index contributed by atoms with van der Waals surface area (Å²) in [5.74, 6) is 0. The molecule has 0 rings (SSSR count). The Balaban J connectivity index is 3.45. The fourth-order valence-electron chi connectivity index (χ4n) is 2.90. The predicted molar refractivity (Wildman–Crippen MR) is 84.2 cm³/mol. The zero-order chi connectivity index (χ0) is 13.6. The highest BCUT2D eigenvalue weighted by atomic mass is 15.1. The Hall–Kier alpha value is -0.0400. The van der Waals surface area contributed by atoms with Gasteiger partial charge < -0.3 is 4.90 Å². The molecular formula is C17H37N. The van der Waals surface area contributed by atoms with E-state index in [4.69, 9.17) is 0 Å². The summed E-state index contributed by atoms with van der Waals surface area (Å²) in [7, 11) is 0. The number of nitrogens with zero attached hydrogens (tertiary/aromatic N) is 1. The van der Waals surface area contributed by atoms with E-state index in [-0.39, 0.29) is 0 Å². The monoisotopic (exact) mass is 255 g/mol. The summed E-state index contributed by atoms with van der Waals surface area (Å²) in [5.41, 5.74) is 0. The molecule has 0 aliphatic rings. The predicted octanol–water partition coefficient (Wildman–Crippen LogP) is 5.64. The van der Waals surface area contributed by atoms with Crippen LogP contribution in [0.3, 0.4) is 0 Å². The summed E-state index contributed by atoms with van der Waals surface area (Å²) >= 11 is 0. The van der Waals surface area contributed by atoms with Gasteiger partial charge >= 0.3 is 0 Å². The molecule has 0 saturated carbocycles. The number of hydrogen-bond acceptors (Lipinski definition) is 1. The fraction of sp³-hybridized carbons (Fsp3) is 1.00. The molecule has 1 nitrogen and oxygen atoms in total. The molecule has 0 saturated heterocycles. The Morgan fingerprint density at radius 3 is 1.61 bits per heavy atom. The standard InChI is InChI=1S/C17H37N/c1-5-9-10-11-12-13-14-15-16-17(6-2)18(7-3)8-4/h17H,5-16H2,1-4H3. The van der Waals surface area contributed by atoms with Crippen molar-refractivity contribution in [1.82, 2.24) is 4.90 Å². The second-order valence-electron chi connectivity index (χ2n) is 5.55. The van der Waals surface area contributed by atoms with Crippen molar-refractivity contribution in [3.8, 4) is 0 Å². The van der Waals surface area contributed by atoms with Gasteiger partial charge in [0.25, 0.3) is 0 Å². The van der Waals surface area contributed by atoms with Gasteiger partial charge in [0.1, 0.15) is 0 Å². The van der Waals surface area contributed by atoms with Crippen LogP contribution in [0, 0.1) is 0 Å². The van der Waals surface area contributed by atoms with Gasteiger partial charge in [-0.25, -0.2) is 0 Å². The third-order valence-corrected chi connectivity index (χ3v) is 4.19. The van der Waals surface area contributed by atoms with E-state index in [1.54, 1.807) is 0 Å². The van der Waals surface area contributed by atoms with Crippen LogP contribution >= 0.6 is 0 Å². The van der Waals surface area contributed by atoms with Crippen LogP contribution in [0.25, 0.3) is 0 Å². The maximum atomic E-state index is 2.63. The van der Waals surface area contributed by atoms with Crippen LogP contribution in [0.1, 0.15) is 91.9 Å². The summed E-state index contributed by atoms with van der Waals surface area (Å²) in [5, 5.41) is 0. The van der Waals surface area contributed by atoms with Crippen molar-refractivity contribution in [2.75, 3.05) is 13.1 Å². The Morgan fingerprint density at radius 1 is 0.667 bits per heavy atom. The van der Waals surface area contributed by atoms with Crippen molar-refractivity contribution < 1.29 is 0 Å². The molecular weight excluding hydrogens is 218 g/mol. The molecule has 0 fully saturated rings. The lowest BCUT2D eigenvalue weighted by Crippen LogP contribution is -2.34. The van der Waals surface area contributed by atoms with Crippen LogP contribution < -0.4 is 0 Å².